The highest BCUT2D eigenvalue weighted by Crippen LogP contribution is 2.18. The molecule has 0 saturated carbocycles. The molecule has 0 bridgehead atoms. The zero-order valence-electron chi connectivity index (χ0n) is 9.03. The number of benzene rings is 1. The van der Waals surface area contributed by atoms with Gasteiger partial charge in [0.2, 0.25) is 0 Å². The van der Waals surface area contributed by atoms with E-state index in [0.29, 0.717) is 13.0 Å². The molecule has 0 saturated heterocycles. The van der Waals surface area contributed by atoms with Gasteiger partial charge in [0, 0.05) is 6.42 Å². The number of oxime groups is 1. The van der Waals surface area contributed by atoms with Gasteiger partial charge >= 0.3 is 0 Å². The molecule has 0 heterocycles. The first-order valence-corrected chi connectivity index (χ1v) is 4.80. The van der Waals surface area contributed by atoms with Crippen molar-refractivity contribution < 1.29 is 9.94 Å². The molecule has 82 valence electrons. The lowest BCUT2D eigenvalue weighted by Crippen LogP contribution is -2.15. The van der Waals surface area contributed by atoms with Crippen LogP contribution in [0, 0.1) is 13.8 Å². The highest BCUT2D eigenvalue weighted by molar-refractivity contribution is 5.79. The van der Waals surface area contributed by atoms with Crippen LogP contribution in [-0.4, -0.2) is 17.6 Å². The number of aryl methyl sites for hydroxylation is 2. The SMILES string of the molecule is Cc1ccc(C)c(OCC/C(N)=N/O)c1. The highest BCUT2D eigenvalue weighted by atomic mass is 16.5. The zero-order valence-corrected chi connectivity index (χ0v) is 9.03. The summed E-state index contributed by atoms with van der Waals surface area (Å²) in [5, 5.41) is 11.2. The number of hydrogen-bond acceptors (Lipinski definition) is 3. The molecule has 0 aliphatic carbocycles. The average Bonchev–Trinajstić information content (AvgIpc) is 2.23. The Labute approximate surface area is 89.4 Å². The van der Waals surface area contributed by atoms with E-state index in [1.807, 2.05) is 32.0 Å². The molecule has 4 nitrogen and oxygen atoms in total. The minimum Gasteiger partial charge on any atom is -0.493 e. The zero-order chi connectivity index (χ0) is 11.3. The summed E-state index contributed by atoms with van der Waals surface area (Å²) < 4.78 is 5.52. The lowest BCUT2D eigenvalue weighted by Gasteiger charge is -2.09. The summed E-state index contributed by atoms with van der Waals surface area (Å²) in [5.74, 6) is 1.03. The molecule has 0 spiro atoms. The Bertz CT molecular complexity index is 362. The Hall–Kier alpha value is -1.71. The maximum absolute atomic E-state index is 8.34. The smallest absolute Gasteiger partial charge is 0.142 e. The largest absolute Gasteiger partial charge is 0.493 e. The summed E-state index contributed by atoms with van der Waals surface area (Å²) in [4.78, 5) is 0. The van der Waals surface area contributed by atoms with Crippen molar-refractivity contribution in [2.75, 3.05) is 6.61 Å². The predicted molar refractivity (Wildman–Crippen MR) is 59.4 cm³/mol. The van der Waals surface area contributed by atoms with Crippen LogP contribution in [0.1, 0.15) is 17.5 Å². The van der Waals surface area contributed by atoms with Crippen LogP contribution in [0.25, 0.3) is 0 Å². The topological polar surface area (TPSA) is 67.8 Å². The summed E-state index contributed by atoms with van der Waals surface area (Å²) in [6.07, 6.45) is 0.421. The Morgan fingerprint density at radius 1 is 1.47 bits per heavy atom. The van der Waals surface area contributed by atoms with Gasteiger partial charge in [-0.3, -0.25) is 0 Å². The predicted octanol–water partition coefficient (Wildman–Crippen LogP) is 1.82. The first-order valence-electron chi connectivity index (χ1n) is 4.80. The van der Waals surface area contributed by atoms with Crippen molar-refractivity contribution in [3.05, 3.63) is 29.3 Å². The monoisotopic (exact) mass is 208 g/mol. The fraction of sp³-hybridized carbons (Fsp3) is 0.364. The van der Waals surface area contributed by atoms with Crippen molar-refractivity contribution in [3.8, 4) is 5.75 Å². The van der Waals surface area contributed by atoms with E-state index in [4.69, 9.17) is 15.7 Å². The number of hydrogen-bond donors (Lipinski definition) is 2. The summed E-state index contributed by atoms with van der Waals surface area (Å²) in [6, 6.07) is 6.02. The molecule has 3 N–H and O–H groups in total. The number of rotatable bonds is 4. The van der Waals surface area contributed by atoms with Crippen molar-refractivity contribution >= 4 is 5.84 Å². The van der Waals surface area contributed by atoms with E-state index in [2.05, 4.69) is 5.16 Å². The number of nitrogens with two attached hydrogens (primary N) is 1. The molecule has 0 radical (unpaired) electrons. The van der Waals surface area contributed by atoms with Gasteiger partial charge in [-0.2, -0.15) is 0 Å². The minimum absolute atomic E-state index is 0.181. The Kier molecular flexibility index (Phi) is 3.97. The molecular formula is C11H16N2O2. The summed E-state index contributed by atoms with van der Waals surface area (Å²) >= 11 is 0. The molecule has 0 amide bonds. The first kappa shape index (κ1) is 11.4. The van der Waals surface area contributed by atoms with E-state index in [0.717, 1.165) is 16.9 Å². The van der Waals surface area contributed by atoms with E-state index < -0.39 is 0 Å². The van der Waals surface area contributed by atoms with Gasteiger partial charge in [0.05, 0.1) is 6.61 Å². The Morgan fingerprint density at radius 3 is 2.87 bits per heavy atom. The molecule has 1 aromatic rings. The van der Waals surface area contributed by atoms with Crippen molar-refractivity contribution in [2.45, 2.75) is 20.3 Å². The second-order valence-electron chi connectivity index (χ2n) is 3.46. The van der Waals surface area contributed by atoms with Crippen molar-refractivity contribution in [1.82, 2.24) is 0 Å². The standard InChI is InChI=1S/C11H16N2O2/c1-8-3-4-9(2)10(7-8)15-6-5-11(12)13-14/h3-4,7,14H,5-6H2,1-2H3,(H2,12,13). The summed E-state index contributed by atoms with van der Waals surface area (Å²) in [5.41, 5.74) is 7.56. The van der Waals surface area contributed by atoms with Gasteiger partial charge in [0.1, 0.15) is 11.6 Å². The first-order chi connectivity index (χ1) is 7.13. The van der Waals surface area contributed by atoms with E-state index in [1.54, 1.807) is 0 Å². The van der Waals surface area contributed by atoms with Gasteiger partial charge in [-0.1, -0.05) is 17.3 Å². The normalized spacial score (nSPS) is 11.5. The third kappa shape index (κ3) is 3.50. The van der Waals surface area contributed by atoms with Gasteiger partial charge in [0.25, 0.3) is 0 Å². The molecule has 0 fully saturated rings. The van der Waals surface area contributed by atoms with Crippen molar-refractivity contribution in [3.63, 3.8) is 0 Å². The Balaban J connectivity index is 2.54. The van der Waals surface area contributed by atoms with E-state index in [9.17, 15) is 0 Å². The van der Waals surface area contributed by atoms with Gasteiger partial charge in [-0.15, -0.1) is 0 Å². The fourth-order valence-electron chi connectivity index (χ4n) is 1.18. The maximum atomic E-state index is 8.34. The molecule has 1 rings (SSSR count). The van der Waals surface area contributed by atoms with Crippen molar-refractivity contribution in [2.24, 2.45) is 10.9 Å². The summed E-state index contributed by atoms with van der Waals surface area (Å²) in [7, 11) is 0. The van der Waals surface area contributed by atoms with Crippen LogP contribution in [-0.2, 0) is 0 Å². The molecular weight excluding hydrogens is 192 g/mol. The van der Waals surface area contributed by atoms with E-state index in [1.165, 1.54) is 0 Å². The fourth-order valence-corrected chi connectivity index (χ4v) is 1.18. The van der Waals surface area contributed by atoms with Gasteiger partial charge < -0.3 is 15.7 Å². The summed E-state index contributed by atoms with van der Waals surface area (Å²) in [6.45, 7) is 4.41. The van der Waals surface area contributed by atoms with Gasteiger partial charge in [-0.25, -0.2) is 0 Å². The molecule has 0 aliphatic heterocycles. The minimum atomic E-state index is 0.181. The third-order valence-corrected chi connectivity index (χ3v) is 2.09. The highest BCUT2D eigenvalue weighted by Gasteiger charge is 2.00. The van der Waals surface area contributed by atoms with Crippen LogP contribution < -0.4 is 10.5 Å². The van der Waals surface area contributed by atoms with E-state index >= 15 is 0 Å². The molecule has 0 aromatic heterocycles. The maximum Gasteiger partial charge on any atom is 0.142 e. The molecule has 0 unspecified atom stereocenters. The van der Waals surface area contributed by atoms with Gasteiger partial charge in [-0.05, 0) is 31.0 Å². The second-order valence-corrected chi connectivity index (χ2v) is 3.46. The Morgan fingerprint density at radius 2 is 2.20 bits per heavy atom. The van der Waals surface area contributed by atoms with Gasteiger partial charge in [0.15, 0.2) is 0 Å². The molecule has 15 heavy (non-hydrogen) atoms. The molecule has 0 atom stereocenters. The number of ether oxygens (including phenoxy) is 1. The lowest BCUT2D eigenvalue weighted by atomic mass is 10.1. The van der Waals surface area contributed by atoms with Crippen LogP contribution in [0.15, 0.2) is 23.4 Å². The lowest BCUT2D eigenvalue weighted by molar-refractivity contribution is 0.305. The van der Waals surface area contributed by atoms with Crippen LogP contribution >= 0.6 is 0 Å². The van der Waals surface area contributed by atoms with Crippen LogP contribution in [0.3, 0.4) is 0 Å². The molecule has 1 aromatic carbocycles. The quantitative estimate of drug-likeness (QED) is 0.343. The number of nitrogens with zero attached hydrogens (tertiary/aromatic N) is 1. The van der Waals surface area contributed by atoms with Crippen LogP contribution in [0.5, 0.6) is 5.75 Å². The van der Waals surface area contributed by atoms with Crippen LogP contribution in [0.2, 0.25) is 0 Å². The third-order valence-electron chi connectivity index (χ3n) is 2.09. The van der Waals surface area contributed by atoms with Crippen LogP contribution in [0.4, 0.5) is 0 Å². The second kappa shape index (κ2) is 5.24. The number of amidine groups is 1. The molecule has 4 heteroatoms. The van der Waals surface area contributed by atoms with E-state index in [-0.39, 0.29) is 5.84 Å². The van der Waals surface area contributed by atoms with Crippen molar-refractivity contribution in [1.29, 1.82) is 0 Å². The molecule has 0 aliphatic rings. The average molecular weight is 208 g/mol.